The summed E-state index contributed by atoms with van der Waals surface area (Å²) in [6, 6.07) is 0. The average Bonchev–Trinajstić information content (AvgIpc) is 2.33. The van der Waals surface area contributed by atoms with Crippen molar-refractivity contribution < 1.29 is 0 Å². The van der Waals surface area contributed by atoms with Crippen molar-refractivity contribution in [2.24, 2.45) is 0 Å². The van der Waals surface area contributed by atoms with Crippen LogP contribution in [0.5, 0.6) is 0 Å². The molecule has 0 rings (SSSR count). The second kappa shape index (κ2) is 21.3. The Bertz CT molecular complexity index is 89.7. The zero-order chi connectivity index (χ0) is 13.2. The maximum Gasteiger partial charge on any atom is -0.0167 e. The van der Waals surface area contributed by atoms with Crippen LogP contribution in [0.2, 0.25) is 0 Å². The number of unbranched alkanes of at least 4 members (excludes halogenated alkanes) is 11. The van der Waals surface area contributed by atoms with Crippen molar-refractivity contribution in [3.63, 3.8) is 0 Å². The smallest absolute Gasteiger partial charge is 0.0167 e. The van der Waals surface area contributed by atoms with Crippen LogP contribution in [-0.2, 0) is 0 Å². The monoisotopic (exact) mass is 243 g/mol. The predicted octanol–water partition coefficient (Wildman–Crippen LogP) is 5.54. The third kappa shape index (κ3) is 25.9. The van der Waals surface area contributed by atoms with E-state index in [2.05, 4.69) is 19.2 Å². The second-order valence-electron chi connectivity index (χ2n) is 5.04. The summed E-state index contributed by atoms with van der Waals surface area (Å²) < 4.78 is 0. The molecule has 0 unspecified atom stereocenters. The lowest BCUT2D eigenvalue weighted by Crippen LogP contribution is -1.89. The molecule has 0 aliphatic rings. The van der Waals surface area contributed by atoms with Gasteiger partial charge in [-0.15, -0.1) is 0 Å². The molecule has 0 aromatic rings. The quantitative estimate of drug-likeness (QED) is 0.470. The number of rotatable bonds is 11. The topological polar surface area (TPSA) is 12.0 Å². The predicted molar refractivity (Wildman–Crippen MR) is 81.7 cm³/mol. The fourth-order valence-electron chi connectivity index (χ4n) is 1.91. The van der Waals surface area contributed by atoms with E-state index >= 15 is 0 Å². The van der Waals surface area contributed by atoms with Crippen molar-refractivity contribution in [2.75, 3.05) is 14.1 Å². The Morgan fingerprint density at radius 2 is 0.647 bits per heavy atom. The van der Waals surface area contributed by atoms with Crippen LogP contribution < -0.4 is 5.32 Å². The van der Waals surface area contributed by atoms with Gasteiger partial charge in [0.2, 0.25) is 0 Å². The first-order chi connectivity index (χ1) is 8.33. The average molecular weight is 243 g/mol. The molecule has 1 heteroatoms. The van der Waals surface area contributed by atoms with E-state index < -0.39 is 0 Å². The van der Waals surface area contributed by atoms with Crippen LogP contribution in [-0.4, -0.2) is 14.1 Å². The van der Waals surface area contributed by atoms with E-state index in [9.17, 15) is 0 Å². The molecule has 17 heavy (non-hydrogen) atoms. The molecule has 0 bridgehead atoms. The SMILES string of the molecule is CCCCCCCCCCCCCC.CNC. The highest BCUT2D eigenvalue weighted by molar-refractivity contribution is 4.47. The molecular weight excluding hydrogens is 206 g/mol. The normalized spacial score (nSPS) is 9.88. The second-order valence-corrected chi connectivity index (χ2v) is 5.04. The molecule has 0 atom stereocenters. The maximum absolute atomic E-state index is 2.75. The molecule has 0 fully saturated rings. The number of nitrogens with one attached hydrogen (secondary N) is 1. The highest BCUT2D eigenvalue weighted by Gasteiger charge is 1.91. The molecule has 0 heterocycles. The Labute approximate surface area is 111 Å². The summed E-state index contributed by atoms with van der Waals surface area (Å²) in [5.41, 5.74) is 0. The molecule has 0 aliphatic carbocycles. The molecule has 1 nitrogen and oxygen atoms in total. The van der Waals surface area contributed by atoms with Crippen molar-refractivity contribution in [3.05, 3.63) is 0 Å². The minimum Gasteiger partial charge on any atom is -0.323 e. The first-order valence-electron chi connectivity index (χ1n) is 7.91. The summed E-state index contributed by atoms with van der Waals surface area (Å²) in [5, 5.41) is 2.75. The minimum atomic E-state index is 1.37. The molecule has 106 valence electrons. The molecule has 1 N–H and O–H groups in total. The third-order valence-electron chi connectivity index (χ3n) is 2.96. The van der Waals surface area contributed by atoms with Crippen LogP contribution in [0, 0.1) is 0 Å². The molecule has 0 aromatic heterocycles. The summed E-state index contributed by atoms with van der Waals surface area (Å²) >= 11 is 0. The van der Waals surface area contributed by atoms with Gasteiger partial charge < -0.3 is 5.32 Å². The lowest BCUT2D eigenvalue weighted by Gasteiger charge is -2.01. The maximum atomic E-state index is 2.75. The van der Waals surface area contributed by atoms with Crippen LogP contribution in [0.15, 0.2) is 0 Å². The van der Waals surface area contributed by atoms with Gasteiger partial charge in [-0.3, -0.25) is 0 Å². The first kappa shape index (κ1) is 19.3. The zero-order valence-electron chi connectivity index (χ0n) is 13.0. The van der Waals surface area contributed by atoms with Crippen LogP contribution in [0.3, 0.4) is 0 Å². The van der Waals surface area contributed by atoms with Gasteiger partial charge in [0, 0.05) is 0 Å². The van der Waals surface area contributed by atoms with E-state index in [1.165, 1.54) is 77.0 Å². The Kier molecular flexibility index (Phi) is 24.1. The van der Waals surface area contributed by atoms with Gasteiger partial charge in [-0.05, 0) is 14.1 Å². The van der Waals surface area contributed by atoms with Gasteiger partial charge in [0.15, 0.2) is 0 Å². The standard InChI is InChI=1S/C14H30.C2H7N/c1-3-5-7-9-11-13-14-12-10-8-6-4-2;1-3-2/h3-14H2,1-2H3;3H,1-2H3. The van der Waals surface area contributed by atoms with Crippen molar-refractivity contribution in [1.82, 2.24) is 5.32 Å². The Balaban J connectivity index is 0. The minimum absolute atomic E-state index is 1.37. The molecular formula is C16H37N. The Morgan fingerprint density at radius 3 is 0.824 bits per heavy atom. The Hall–Kier alpha value is -0.0400. The van der Waals surface area contributed by atoms with Gasteiger partial charge >= 0.3 is 0 Å². The van der Waals surface area contributed by atoms with Crippen molar-refractivity contribution in [3.8, 4) is 0 Å². The molecule has 0 aliphatic heterocycles. The zero-order valence-corrected chi connectivity index (χ0v) is 13.0. The van der Waals surface area contributed by atoms with E-state index in [0.717, 1.165) is 0 Å². The van der Waals surface area contributed by atoms with Crippen molar-refractivity contribution in [1.29, 1.82) is 0 Å². The van der Waals surface area contributed by atoms with E-state index in [-0.39, 0.29) is 0 Å². The van der Waals surface area contributed by atoms with E-state index in [0.29, 0.717) is 0 Å². The van der Waals surface area contributed by atoms with Gasteiger partial charge in [-0.1, -0.05) is 90.9 Å². The van der Waals surface area contributed by atoms with E-state index in [4.69, 9.17) is 0 Å². The molecule has 0 aromatic carbocycles. The Morgan fingerprint density at radius 1 is 0.471 bits per heavy atom. The molecule has 0 spiro atoms. The molecule has 0 radical (unpaired) electrons. The lowest BCUT2D eigenvalue weighted by atomic mass is 10.1. The summed E-state index contributed by atoms with van der Waals surface area (Å²) in [5.74, 6) is 0. The molecule has 0 saturated heterocycles. The van der Waals surface area contributed by atoms with Gasteiger partial charge in [-0.2, -0.15) is 0 Å². The van der Waals surface area contributed by atoms with Crippen LogP contribution >= 0.6 is 0 Å². The summed E-state index contributed by atoms with van der Waals surface area (Å²) in [6.07, 6.45) is 17.4. The summed E-state index contributed by atoms with van der Waals surface area (Å²) in [6.45, 7) is 4.57. The molecule has 0 saturated carbocycles. The largest absolute Gasteiger partial charge is 0.323 e. The third-order valence-corrected chi connectivity index (χ3v) is 2.96. The molecule has 0 amide bonds. The van der Waals surface area contributed by atoms with Gasteiger partial charge in [0.25, 0.3) is 0 Å². The highest BCUT2D eigenvalue weighted by atomic mass is 14.7. The fraction of sp³-hybridized carbons (Fsp3) is 1.00. The van der Waals surface area contributed by atoms with E-state index in [1.807, 2.05) is 14.1 Å². The first-order valence-corrected chi connectivity index (χ1v) is 7.91. The summed E-state index contributed by atoms with van der Waals surface area (Å²) in [4.78, 5) is 0. The van der Waals surface area contributed by atoms with Crippen molar-refractivity contribution >= 4 is 0 Å². The van der Waals surface area contributed by atoms with Gasteiger partial charge in [0.05, 0.1) is 0 Å². The van der Waals surface area contributed by atoms with Gasteiger partial charge in [0.1, 0.15) is 0 Å². The highest BCUT2D eigenvalue weighted by Crippen LogP contribution is 2.11. The van der Waals surface area contributed by atoms with Crippen molar-refractivity contribution in [2.45, 2.75) is 90.9 Å². The van der Waals surface area contributed by atoms with Crippen LogP contribution in [0.25, 0.3) is 0 Å². The van der Waals surface area contributed by atoms with Gasteiger partial charge in [-0.25, -0.2) is 0 Å². The van der Waals surface area contributed by atoms with E-state index in [1.54, 1.807) is 0 Å². The number of hydrogen-bond acceptors (Lipinski definition) is 1. The lowest BCUT2D eigenvalue weighted by molar-refractivity contribution is 0.548. The van der Waals surface area contributed by atoms with Crippen LogP contribution in [0.4, 0.5) is 0 Å². The number of hydrogen-bond donors (Lipinski definition) is 1. The van der Waals surface area contributed by atoms with Crippen LogP contribution in [0.1, 0.15) is 90.9 Å². The fourth-order valence-corrected chi connectivity index (χ4v) is 1.91. The summed E-state index contributed by atoms with van der Waals surface area (Å²) in [7, 11) is 3.75.